The van der Waals surface area contributed by atoms with E-state index in [2.05, 4.69) is 26.0 Å². The van der Waals surface area contributed by atoms with Crippen molar-refractivity contribution in [2.75, 3.05) is 7.05 Å². The molecule has 0 radical (unpaired) electrons. The fourth-order valence-electron chi connectivity index (χ4n) is 2.51. The monoisotopic (exact) mass is 263 g/mol. The van der Waals surface area contributed by atoms with Crippen molar-refractivity contribution in [3.8, 4) is 0 Å². The third kappa shape index (κ3) is 4.35. The minimum absolute atomic E-state index is 0.155. The Hall–Kier alpha value is -1.35. The molecule has 0 saturated carbocycles. The van der Waals surface area contributed by atoms with Crippen LogP contribution in [-0.2, 0) is 4.79 Å². The fourth-order valence-corrected chi connectivity index (χ4v) is 2.51. The number of hydrogen-bond donors (Lipinski definition) is 1. The largest absolute Gasteiger partial charge is 0.480 e. The van der Waals surface area contributed by atoms with Crippen LogP contribution in [0.25, 0.3) is 0 Å². The molecule has 0 aromatic heterocycles. The van der Waals surface area contributed by atoms with E-state index in [-0.39, 0.29) is 6.04 Å². The predicted octanol–water partition coefficient (Wildman–Crippen LogP) is 3.57. The summed E-state index contributed by atoms with van der Waals surface area (Å²) in [5.74, 6) is -0.214. The first-order valence-corrected chi connectivity index (χ1v) is 6.97. The number of benzene rings is 1. The molecule has 106 valence electrons. The Kier molecular flexibility index (Phi) is 6.03. The SMILES string of the molecule is CCC(C(=O)O)N(C)C(CC(C)C)c1ccccc1. The van der Waals surface area contributed by atoms with Crippen LogP contribution in [0.4, 0.5) is 0 Å². The Balaban J connectivity index is 3.00. The van der Waals surface area contributed by atoms with Gasteiger partial charge in [-0.2, -0.15) is 0 Å². The zero-order valence-corrected chi connectivity index (χ0v) is 12.3. The van der Waals surface area contributed by atoms with Gasteiger partial charge in [0.15, 0.2) is 0 Å². The van der Waals surface area contributed by atoms with E-state index in [1.807, 2.05) is 37.1 Å². The molecule has 0 bridgehead atoms. The van der Waals surface area contributed by atoms with Gasteiger partial charge in [0.25, 0.3) is 0 Å². The van der Waals surface area contributed by atoms with Crippen LogP contribution in [0.15, 0.2) is 30.3 Å². The van der Waals surface area contributed by atoms with Gasteiger partial charge in [-0.1, -0.05) is 51.1 Å². The summed E-state index contributed by atoms with van der Waals surface area (Å²) in [5.41, 5.74) is 1.19. The first-order chi connectivity index (χ1) is 8.97. The van der Waals surface area contributed by atoms with Gasteiger partial charge in [0, 0.05) is 6.04 Å². The number of nitrogens with zero attached hydrogens (tertiary/aromatic N) is 1. The summed E-state index contributed by atoms with van der Waals surface area (Å²) in [6.07, 6.45) is 1.58. The molecule has 1 rings (SSSR count). The van der Waals surface area contributed by atoms with Crippen molar-refractivity contribution in [3.63, 3.8) is 0 Å². The standard InChI is InChI=1S/C16H25NO2/c1-5-14(16(18)19)17(4)15(11-12(2)3)13-9-7-6-8-10-13/h6-10,12,14-15H,5,11H2,1-4H3,(H,18,19). The van der Waals surface area contributed by atoms with E-state index in [0.717, 1.165) is 6.42 Å². The van der Waals surface area contributed by atoms with E-state index in [4.69, 9.17) is 0 Å². The van der Waals surface area contributed by atoms with Gasteiger partial charge in [0.2, 0.25) is 0 Å². The molecule has 0 aliphatic carbocycles. The summed E-state index contributed by atoms with van der Waals surface area (Å²) in [6.45, 7) is 6.27. The minimum Gasteiger partial charge on any atom is -0.480 e. The Morgan fingerprint density at radius 1 is 1.26 bits per heavy atom. The van der Waals surface area contributed by atoms with Crippen molar-refractivity contribution in [2.45, 2.75) is 45.7 Å². The van der Waals surface area contributed by atoms with Crippen LogP contribution in [-0.4, -0.2) is 29.1 Å². The number of hydrogen-bond acceptors (Lipinski definition) is 2. The molecule has 1 aromatic rings. The quantitative estimate of drug-likeness (QED) is 0.817. The minimum atomic E-state index is -0.741. The lowest BCUT2D eigenvalue weighted by atomic mass is 9.94. The first kappa shape index (κ1) is 15.7. The number of likely N-dealkylation sites (N-methyl/N-ethyl adjacent to an activating group) is 1. The third-order valence-electron chi connectivity index (χ3n) is 3.53. The summed E-state index contributed by atoms with van der Waals surface area (Å²) in [7, 11) is 1.92. The molecule has 1 aromatic carbocycles. The second-order valence-electron chi connectivity index (χ2n) is 5.48. The van der Waals surface area contributed by atoms with Gasteiger partial charge in [-0.25, -0.2) is 0 Å². The Morgan fingerprint density at radius 3 is 2.26 bits per heavy atom. The van der Waals surface area contributed by atoms with Crippen molar-refractivity contribution in [2.24, 2.45) is 5.92 Å². The van der Waals surface area contributed by atoms with Gasteiger partial charge >= 0.3 is 5.97 Å². The lowest BCUT2D eigenvalue weighted by Crippen LogP contribution is -2.40. The van der Waals surface area contributed by atoms with Crippen LogP contribution < -0.4 is 0 Å². The van der Waals surface area contributed by atoms with Crippen LogP contribution in [0.2, 0.25) is 0 Å². The van der Waals surface area contributed by atoms with E-state index in [1.54, 1.807) is 0 Å². The summed E-state index contributed by atoms with van der Waals surface area (Å²) in [6, 6.07) is 9.91. The van der Waals surface area contributed by atoms with Crippen LogP contribution in [0, 0.1) is 5.92 Å². The molecule has 0 fully saturated rings. The number of carboxylic acid groups (broad SMARTS) is 1. The zero-order valence-electron chi connectivity index (χ0n) is 12.3. The summed E-state index contributed by atoms with van der Waals surface area (Å²) < 4.78 is 0. The van der Waals surface area contributed by atoms with E-state index in [0.29, 0.717) is 12.3 Å². The van der Waals surface area contributed by atoms with Crippen LogP contribution in [0.5, 0.6) is 0 Å². The molecule has 2 atom stereocenters. The number of carboxylic acids is 1. The van der Waals surface area contributed by atoms with E-state index < -0.39 is 12.0 Å². The highest BCUT2D eigenvalue weighted by molar-refractivity contribution is 5.73. The topological polar surface area (TPSA) is 40.5 Å². The van der Waals surface area contributed by atoms with Crippen molar-refractivity contribution in [3.05, 3.63) is 35.9 Å². The van der Waals surface area contributed by atoms with E-state index in [9.17, 15) is 9.90 Å². The second kappa shape index (κ2) is 7.29. The lowest BCUT2D eigenvalue weighted by molar-refractivity contribution is -0.144. The van der Waals surface area contributed by atoms with Gasteiger partial charge in [-0.15, -0.1) is 0 Å². The van der Waals surface area contributed by atoms with Gasteiger partial charge in [-0.05, 0) is 31.4 Å². The van der Waals surface area contributed by atoms with Crippen LogP contribution >= 0.6 is 0 Å². The molecule has 3 nitrogen and oxygen atoms in total. The summed E-state index contributed by atoms with van der Waals surface area (Å²) in [5, 5.41) is 9.33. The third-order valence-corrected chi connectivity index (χ3v) is 3.53. The van der Waals surface area contributed by atoms with Crippen molar-refractivity contribution < 1.29 is 9.90 Å². The van der Waals surface area contributed by atoms with Crippen molar-refractivity contribution in [1.82, 2.24) is 4.90 Å². The fraction of sp³-hybridized carbons (Fsp3) is 0.562. The lowest BCUT2D eigenvalue weighted by Gasteiger charge is -2.34. The maximum Gasteiger partial charge on any atom is 0.320 e. The Bertz CT molecular complexity index is 389. The molecule has 1 N–H and O–H groups in total. The van der Waals surface area contributed by atoms with E-state index in [1.165, 1.54) is 5.56 Å². The molecule has 2 unspecified atom stereocenters. The van der Waals surface area contributed by atoms with E-state index >= 15 is 0 Å². The molecular weight excluding hydrogens is 238 g/mol. The molecule has 0 saturated heterocycles. The van der Waals surface area contributed by atoms with Crippen molar-refractivity contribution in [1.29, 1.82) is 0 Å². The molecule has 0 aliphatic heterocycles. The molecule has 3 heteroatoms. The molecule has 0 spiro atoms. The molecule has 0 amide bonds. The molecule has 19 heavy (non-hydrogen) atoms. The van der Waals surface area contributed by atoms with Crippen molar-refractivity contribution >= 4 is 5.97 Å². The molecular formula is C16H25NO2. The van der Waals surface area contributed by atoms with Gasteiger partial charge in [0.1, 0.15) is 6.04 Å². The normalized spacial score (nSPS) is 14.6. The Morgan fingerprint density at radius 2 is 1.84 bits per heavy atom. The average molecular weight is 263 g/mol. The van der Waals surface area contributed by atoms with Gasteiger partial charge in [-0.3, -0.25) is 9.69 Å². The summed E-state index contributed by atoms with van der Waals surface area (Å²) in [4.78, 5) is 13.3. The second-order valence-corrected chi connectivity index (χ2v) is 5.48. The molecule has 0 aliphatic rings. The number of aliphatic carboxylic acids is 1. The average Bonchev–Trinajstić information content (AvgIpc) is 2.37. The van der Waals surface area contributed by atoms with Crippen LogP contribution in [0.3, 0.4) is 0 Å². The summed E-state index contributed by atoms with van der Waals surface area (Å²) >= 11 is 0. The molecule has 0 heterocycles. The predicted molar refractivity (Wildman–Crippen MR) is 78.1 cm³/mol. The van der Waals surface area contributed by atoms with Crippen LogP contribution in [0.1, 0.15) is 45.2 Å². The van der Waals surface area contributed by atoms with Gasteiger partial charge < -0.3 is 5.11 Å². The van der Waals surface area contributed by atoms with Gasteiger partial charge in [0.05, 0.1) is 0 Å². The smallest absolute Gasteiger partial charge is 0.320 e. The number of rotatable bonds is 7. The highest BCUT2D eigenvalue weighted by atomic mass is 16.4. The number of carbonyl (C=O) groups is 1. The Labute approximate surface area is 116 Å². The highest BCUT2D eigenvalue weighted by Gasteiger charge is 2.28. The highest BCUT2D eigenvalue weighted by Crippen LogP contribution is 2.28. The maximum absolute atomic E-state index is 11.4. The maximum atomic E-state index is 11.4. The zero-order chi connectivity index (χ0) is 14.4. The first-order valence-electron chi connectivity index (χ1n) is 6.97.